The van der Waals surface area contributed by atoms with Crippen molar-refractivity contribution in [1.82, 2.24) is 14.5 Å². The van der Waals surface area contributed by atoms with Gasteiger partial charge in [-0.2, -0.15) is 0 Å². The van der Waals surface area contributed by atoms with Gasteiger partial charge in [0.15, 0.2) is 0 Å². The van der Waals surface area contributed by atoms with E-state index in [1.54, 1.807) is 6.07 Å². The Bertz CT molecular complexity index is 1070. The minimum atomic E-state index is -3.26. The summed E-state index contributed by atoms with van der Waals surface area (Å²) in [5.74, 6) is 0.455. The molecule has 3 aromatic rings. The molecule has 158 valence electrons. The molecule has 0 saturated carbocycles. The maximum Gasteiger partial charge on any atom is 0.229 e. The molecule has 7 heteroatoms. The summed E-state index contributed by atoms with van der Waals surface area (Å²) >= 11 is 0. The molecule has 0 spiro atoms. The Kier molecular flexibility index (Phi) is 6.20. The Hall–Kier alpha value is -2.64. The second kappa shape index (κ2) is 9.02. The lowest BCUT2D eigenvalue weighted by atomic mass is 9.89. The Balaban J connectivity index is 1.35. The summed E-state index contributed by atoms with van der Waals surface area (Å²) in [7, 11) is -3.26. The molecule has 4 rings (SSSR count). The first-order valence-electron chi connectivity index (χ1n) is 10.3. The van der Waals surface area contributed by atoms with Crippen LogP contribution >= 0.6 is 0 Å². The Labute approximate surface area is 178 Å². The van der Waals surface area contributed by atoms with E-state index < -0.39 is 10.0 Å². The molecule has 0 atom stereocenters. The van der Waals surface area contributed by atoms with Crippen molar-refractivity contribution in [2.45, 2.75) is 31.8 Å². The number of rotatable bonds is 7. The van der Waals surface area contributed by atoms with E-state index >= 15 is 0 Å². The number of likely N-dealkylation sites (tertiary alicyclic amines) is 1. The molecule has 2 aromatic carbocycles. The monoisotopic (exact) mass is 424 g/mol. The minimum Gasteiger partial charge on any atom is -0.329 e. The fourth-order valence-corrected chi connectivity index (χ4v) is 4.68. The summed E-state index contributed by atoms with van der Waals surface area (Å²) in [5, 5.41) is 0. The highest BCUT2D eigenvalue weighted by molar-refractivity contribution is 7.92. The van der Waals surface area contributed by atoms with Gasteiger partial charge in [-0.15, -0.1) is 0 Å². The highest BCUT2D eigenvalue weighted by Crippen LogP contribution is 2.30. The fraction of sp³-hybridized carbons (Fsp3) is 0.348. The van der Waals surface area contributed by atoms with Crippen molar-refractivity contribution in [3.8, 4) is 0 Å². The van der Waals surface area contributed by atoms with Crippen molar-refractivity contribution in [1.29, 1.82) is 0 Å². The van der Waals surface area contributed by atoms with Crippen LogP contribution in [-0.2, 0) is 23.1 Å². The lowest BCUT2D eigenvalue weighted by molar-refractivity contribution is 0.200. The van der Waals surface area contributed by atoms with Gasteiger partial charge >= 0.3 is 0 Å². The number of piperidine rings is 1. The number of hydrogen-bond donors (Lipinski definition) is 1. The summed E-state index contributed by atoms with van der Waals surface area (Å²) in [6, 6.07) is 18.2. The molecule has 6 nitrogen and oxygen atoms in total. The maximum absolute atomic E-state index is 11.5. The van der Waals surface area contributed by atoms with Crippen molar-refractivity contribution >= 4 is 15.7 Å². The van der Waals surface area contributed by atoms with Gasteiger partial charge < -0.3 is 4.57 Å². The van der Waals surface area contributed by atoms with E-state index in [0.29, 0.717) is 11.6 Å². The molecule has 1 aliphatic rings. The van der Waals surface area contributed by atoms with E-state index in [1.165, 1.54) is 23.1 Å². The van der Waals surface area contributed by atoms with Crippen molar-refractivity contribution in [2.75, 3.05) is 24.1 Å². The predicted molar refractivity (Wildman–Crippen MR) is 120 cm³/mol. The molecule has 1 aromatic heterocycles. The fourth-order valence-electron chi connectivity index (χ4n) is 4.13. The number of hydrogen-bond acceptors (Lipinski definition) is 4. The van der Waals surface area contributed by atoms with Crippen LogP contribution in [0, 0.1) is 0 Å². The van der Waals surface area contributed by atoms with Crippen LogP contribution in [-0.4, -0.2) is 42.2 Å². The van der Waals surface area contributed by atoms with Crippen molar-refractivity contribution in [3.63, 3.8) is 0 Å². The highest BCUT2D eigenvalue weighted by Gasteiger charge is 2.22. The molecule has 0 aliphatic carbocycles. The molecule has 30 heavy (non-hydrogen) atoms. The molecule has 1 saturated heterocycles. The summed E-state index contributed by atoms with van der Waals surface area (Å²) in [4.78, 5) is 6.85. The first-order valence-corrected chi connectivity index (χ1v) is 12.2. The van der Waals surface area contributed by atoms with Gasteiger partial charge in [0.1, 0.15) is 0 Å². The second-order valence-electron chi connectivity index (χ2n) is 8.05. The van der Waals surface area contributed by atoms with Gasteiger partial charge in [0, 0.05) is 25.0 Å². The zero-order chi connectivity index (χ0) is 21.0. The molecule has 0 bridgehead atoms. The Morgan fingerprint density at radius 1 is 1.03 bits per heavy atom. The van der Waals surface area contributed by atoms with Crippen molar-refractivity contribution in [3.05, 3.63) is 83.9 Å². The average molecular weight is 425 g/mol. The summed E-state index contributed by atoms with van der Waals surface area (Å²) < 4.78 is 27.8. The average Bonchev–Trinajstić information content (AvgIpc) is 3.15. The van der Waals surface area contributed by atoms with Crippen LogP contribution < -0.4 is 4.72 Å². The number of nitrogens with zero attached hydrogens (tertiary/aromatic N) is 3. The molecule has 1 fully saturated rings. The third-order valence-electron chi connectivity index (χ3n) is 5.63. The Morgan fingerprint density at radius 2 is 1.80 bits per heavy atom. The molecular weight excluding hydrogens is 396 g/mol. The Morgan fingerprint density at radius 3 is 2.53 bits per heavy atom. The zero-order valence-electron chi connectivity index (χ0n) is 17.2. The van der Waals surface area contributed by atoms with Crippen molar-refractivity contribution in [2.24, 2.45) is 0 Å². The van der Waals surface area contributed by atoms with Crippen LogP contribution in [0.1, 0.15) is 35.6 Å². The number of aromatic nitrogens is 2. The third kappa shape index (κ3) is 5.49. The maximum atomic E-state index is 11.5. The molecule has 0 unspecified atom stereocenters. The largest absolute Gasteiger partial charge is 0.329 e. The van der Waals surface area contributed by atoms with E-state index in [2.05, 4.69) is 49.5 Å². The van der Waals surface area contributed by atoms with Crippen LogP contribution in [0.4, 0.5) is 5.69 Å². The molecular formula is C23H28N4O2S. The standard InChI is InChI=1S/C23H28N4O2S/c1-30(28,29)25-22-9-5-8-21(14-22)20-10-12-26(13-11-20)17-23-15-24-18-27(23)16-19-6-3-2-4-7-19/h2-9,14-15,18,20,25H,10-13,16-17H2,1H3. The van der Waals surface area contributed by atoms with Crippen molar-refractivity contribution < 1.29 is 8.42 Å². The van der Waals surface area contributed by atoms with Crippen LogP contribution in [0.5, 0.6) is 0 Å². The summed E-state index contributed by atoms with van der Waals surface area (Å²) in [5.41, 5.74) is 4.36. The van der Waals surface area contributed by atoms with E-state index in [4.69, 9.17) is 0 Å². The minimum absolute atomic E-state index is 0.455. The van der Waals surface area contributed by atoms with Crippen LogP contribution in [0.3, 0.4) is 0 Å². The number of benzene rings is 2. The number of imidazole rings is 1. The van der Waals surface area contributed by atoms with E-state index in [-0.39, 0.29) is 0 Å². The number of anilines is 1. The van der Waals surface area contributed by atoms with Crippen LogP contribution in [0.25, 0.3) is 0 Å². The molecule has 0 radical (unpaired) electrons. The van der Waals surface area contributed by atoms with Gasteiger partial charge in [0.05, 0.1) is 18.3 Å². The number of nitrogens with one attached hydrogen (secondary N) is 1. The smallest absolute Gasteiger partial charge is 0.229 e. The summed E-state index contributed by atoms with van der Waals surface area (Å²) in [6.45, 7) is 3.78. The topological polar surface area (TPSA) is 67.2 Å². The zero-order valence-corrected chi connectivity index (χ0v) is 18.1. The molecule has 2 heterocycles. The predicted octanol–water partition coefficient (Wildman–Crippen LogP) is 3.68. The lowest BCUT2D eigenvalue weighted by Gasteiger charge is -2.32. The normalized spacial score (nSPS) is 15.9. The number of sulfonamides is 1. The van der Waals surface area contributed by atoms with Gasteiger partial charge in [0.2, 0.25) is 10.0 Å². The quantitative estimate of drug-likeness (QED) is 0.628. The molecule has 1 aliphatic heterocycles. The molecule has 1 N–H and O–H groups in total. The SMILES string of the molecule is CS(=O)(=O)Nc1cccc(C2CCN(Cc3cncn3Cc3ccccc3)CC2)c1. The highest BCUT2D eigenvalue weighted by atomic mass is 32.2. The van der Waals surface area contributed by atoms with Gasteiger partial charge in [-0.05, 0) is 55.1 Å². The van der Waals surface area contributed by atoms with E-state index in [9.17, 15) is 8.42 Å². The van der Waals surface area contributed by atoms with Gasteiger partial charge in [-0.25, -0.2) is 13.4 Å². The molecule has 0 amide bonds. The van der Waals surface area contributed by atoms with Gasteiger partial charge in [-0.1, -0.05) is 42.5 Å². The third-order valence-corrected chi connectivity index (χ3v) is 6.24. The van der Waals surface area contributed by atoms with Crippen LogP contribution in [0.15, 0.2) is 67.1 Å². The first-order chi connectivity index (χ1) is 14.5. The van der Waals surface area contributed by atoms with Crippen LogP contribution in [0.2, 0.25) is 0 Å². The second-order valence-corrected chi connectivity index (χ2v) is 9.80. The first kappa shape index (κ1) is 20.6. The van der Waals surface area contributed by atoms with E-state index in [0.717, 1.165) is 39.0 Å². The van der Waals surface area contributed by atoms with Gasteiger partial charge in [-0.3, -0.25) is 9.62 Å². The van der Waals surface area contributed by atoms with E-state index in [1.807, 2.05) is 30.7 Å². The van der Waals surface area contributed by atoms with Gasteiger partial charge in [0.25, 0.3) is 0 Å². The summed E-state index contributed by atoms with van der Waals surface area (Å²) in [6.07, 6.45) is 7.19. The lowest BCUT2D eigenvalue weighted by Crippen LogP contribution is -2.33.